The third-order valence-electron chi connectivity index (χ3n) is 5.00. The van der Waals surface area contributed by atoms with Crippen LogP contribution in [0.25, 0.3) is 11.3 Å². The molecule has 2 aromatic rings. The Hall–Kier alpha value is -2.14. The third kappa shape index (κ3) is 3.67. The zero-order valence-electron chi connectivity index (χ0n) is 14.0. The largest absolute Gasteiger partial charge is 0.384 e. The predicted molar refractivity (Wildman–Crippen MR) is 97.9 cm³/mol. The Labute approximate surface area is 143 Å². The van der Waals surface area contributed by atoms with Gasteiger partial charge in [-0.1, -0.05) is 0 Å². The van der Waals surface area contributed by atoms with Crippen LogP contribution < -0.4 is 16.4 Å². The first-order chi connectivity index (χ1) is 11.8. The molecule has 0 radical (unpaired) electrons. The van der Waals surface area contributed by atoms with Crippen molar-refractivity contribution in [2.24, 2.45) is 5.92 Å². The van der Waals surface area contributed by atoms with Crippen LogP contribution in [-0.4, -0.2) is 29.6 Å². The molecule has 1 aliphatic heterocycles. The first kappa shape index (κ1) is 15.4. The highest BCUT2D eigenvalue weighted by atomic mass is 14.9. The fraction of sp³-hybridized carbons (Fsp3) is 0.474. The number of nitrogen functional groups attached to an aromatic ring is 1. The van der Waals surface area contributed by atoms with Gasteiger partial charge < -0.3 is 16.4 Å². The highest BCUT2D eigenvalue weighted by Crippen LogP contribution is 2.41. The number of hydrogen-bond donors (Lipinski definition) is 3. The molecule has 126 valence electrons. The number of pyridine rings is 2. The maximum absolute atomic E-state index is 6.00. The second-order valence-corrected chi connectivity index (χ2v) is 7.02. The predicted octanol–water partition coefficient (Wildman–Crippen LogP) is 3.01. The van der Waals surface area contributed by atoms with Gasteiger partial charge in [0.1, 0.15) is 5.82 Å². The molecular formula is C19H25N5. The van der Waals surface area contributed by atoms with Crippen molar-refractivity contribution in [1.82, 2.24) is 15.3 Å². The number of nitrogens with one attached hydrogen (secondary N) is 2. The number of nitrogens with two attached hydrogens (primary N) is 1. The van der Waals surface area contributed by atoms with E-state index >= 15 is 0 Å². The van der Waals surface area contributed by atoms with Crippen molar-refractivity contribution in [2.75, 3.05) is 30.7 Å². The number of rotatable bonds is 5. The average molecular weight is 323 g/mol. The SMILES string of the molecule is Nc1cc(C2CC2)cc(-c2cncc(NCC3CCNCC3)c2)n1. The van der Waals surface area contributed by atoms with E-state index < -0.39 is 0 Å². The van der Waals surface area contributed by atoms with E-state index in [9.17, 15) is 0 Å². The van der Waals surface area contributed by atoms with Gasteiger partial charge in [0.2, 0.25) is 0 Å². The van der Waals surface area contributed by atoms with Crippen molar-refractivity contribution < 1.29 is 0 Å². The topological polar surface area (TPSA) is 75.9 Å². The number of hydrogen-bond acceptors (Lipinski definition) is 5. The monoisotopic (exact) mass is 323 g/mol. The average Bonchev–Trinajstić information content (AvgIpc) is 3.46. The second-order valence-electron chi connectivity index (χ2n) is 7.02. The van der Waals surface area contributed by atoms with Crippen LogP contribution in [0, 0.1) is 5.92 Å². The van der Waals surface area contributed by atoms with Gasteiger partial charge in [0, 0.05) is 24.5 Å². The Kier molecular flexibility index (Phi) is 4.34. The normalized spacial score (nSPS) is 18.5. The molecule has 1 saturated heterocycles. The maximum Gasteiger partial charge on any atom is 0.124 e. The zero-order chi connectivity index (χ0) is 16.4. The van der Waals surface area contributed by atoms with Crippen LogP contribution in [0.5, 0.6) is 0 Å². The molecule has 2 aliphatic rings. The summed E-state index contributed by atoms with van der Waals surface area (Å²) in [5, 5.41) is 6.95. The minimum absolute atomic E-state index is 0.600. The third-order valence-corrected chi connectivity index (χ3v) is 5.00. The lowest BCUT2D eigenvalue weighted by molar-refractivity contribution is 0.390. The van der Waals surface area contributed by atoms with Crippen molar-refractivity contribution in [3.05, 3.63) is 36.2 Å². The van der Waals surface area contributed by atoms with Gasteiger partial charge >= 0.3 is 0 Å². The summed E-state index contributed by atoms with van der Waals surface area (Å²) in [6, 6.07) is 6.31. The van der Waals surface area contributed by atoms with E-state index in [1.54, 1.807) is 0 Å². The summed E-state index contributed by atoms with van der Waals surface area (Å²) in [6.45, 7) is 3.26. The molecule has 5 nitrogen and oxygen atoms in total. The van der Waals surface area contributed by atoms with Crippen molar-refractivity contribution in [2.45, 2.75) is 31.6 Å². The van der Waals surface area contributed by atoms with Gasteiger partial charge in [0.25, 0.3) is 0 Å². The summed E-state index contributed by atoms with van der Waals surface area (Å²) >= 11 is 0. The molecule has 4 rings (SSSR count). The summed E-state index contributed by atoms with van der Waals surface area (Å²) in [7, 11) is 0. The van der Waals surface area contributed by atoms with Gasteiger partial charge in [0.05, 0.1) is 11.4 Å². The molecule has 5 heteroatoms. The van der Waals surface area contributed by atoms with E-state index in [1.807, 2.05) is 18.5 Å². The molecule has 3 heterocycles. The first-order valence-corrected chi connectivity index (χ1v) is 8.95. The van der Waals surface area contributed by atoms with E-state index in [0.717, 1.165) is 42.5 Å². The Morgan fingerprint density at radius 3 is 2.71 bits per heavy atom. The van der Waals surface area contributed by atoms with Crippen LogP contribution in [0.2, 0.25) is 0 Å². The van der Waals surface area contributed by atoms with E-state index in [-0.39, 0.29) is 0 Å². The smallest absolute Gasteiger partial charge is 0.124 e. The van der Waals surface area contributed by atoms with Gasteiger partial charge in [-0.25, -0.2) is 4.98 Å². The summed E-state index contributed by atoms with van der Waals surface area (Å²) in [4.78, 5) is 8.90. The number of anilines is 2. The fourth-order valence-corrected chi connectivity index (χ4v) is 3.40. The highest BCUT2D eigenvalue weighted by molar-refractivity contribution is 5.65. The Bertz CT molecular complexity index is 705. The van der Waals surface area contributed by atoms with Gasteiger partial charge in [-0.3, -0.25) is 4.98 Å². The molecule has 1 aliphatic carbocycles. The molecule has 1 saturated carbocycles. The Balaban J connectivity index is 1.49. The lowest BCUT2D eigenvalue weighted by Gasteiger charge is -2.23. The molecule has 0 spiro atoms. The molecule has 2 aromatic heterocycles. The summed E-state index contributed by atoms with van der Waals surface area (Å²) in [5.74, 6) is 2.01. The number of nitrogens with zero attached hydrogens (tertiary/aromatic N) is 2. The lowest BCUT2D eigenvalue weighted by atomic mass is 9.98. The van der Waals surface area contributed by atoms with Crippen LogP contribution in [0.15, 0.2) is 30.6 Å². The number of aromatic nitrogens is 2. The van der Waals surface area contributed by atoms with Crippen LogP contribution in [0.4, 0.5) is 11.5 Å². The summed E-state index contributed by atoms with van der Waals surface area (Å²) in [6.07, 6.45) is 8.76. The van der Waals surface area contributed by atoms with Crippen molar-refractivity contribution in [3.8, 4) is 11.3 Å². The van der Waals surface area contributed by atoms with Gasteiger partial charge in [-0.15, -0.1) is 0 Å². The van der Waals surface area contributed by atoms with Crippen LogP contribution >= 0.6 is 0 Å². The molecule has 4 N–H and O–H groups in total. The molecule has 0 atom stereocenters. The minimum atomic E-state index is 0.600. The molecule has 0 aromatic carbocycles. The summed E-state index contributed by atoms with van der Waals surface area (Å²) in [5.41, 5.74) is 10.3. The zero-order valence-corrected chi connectivity index (χ0v) is 14.0. The quantitative estimate of drug-likeness (QED) is 0.788. The van der Waals surface area contributed by atoms with Crippen LogP contribution in [-0.2, 0) is 0 Å². The fourth-order valence-electron chi connectivity index (χ4n) is 3.40. The van der Waals surface area contributed by atoms with Crippen LogP contribution in [0.1, 0.15) is 37.2 Å². The van der Waals surface area contributed by atoms with Crippen LogP contribution in [0.3, 0.4) is 0 Å². The standard InChI is InChI=1S/C19H25N5/c20-19-9-15(14-1-2-14)8-18(24-19)16-7-17(12-22-11-16)23-10-13-3-5-21-6-4-13/h7-9,11-14,21,23H,1-6,10H2,(H2,20,24). The van der Waals surface area contributed by atoms with E-state index in [4.69, 9.17) is 5.73 Å². The minimum Gasteiger partial charge on any atom is -0.384 e. The molecule has 2 fully saturated rings. The van der Waals surface area contributed by atoms with E-state index in [0.29, 0.717) is 11.7 Å². The molecular weight excluding hydrogens is 298 g/mol. The summed E-state index contributed by atoms with van der Waals surface area (Å²) < 4.78 is 0. The molecule has 24 heavy (non-hydrogen) atoms. The van der Waals surface area contributed by atoms with Crippen molar-refractivity contribution in [3.63, 3.8) is 0 Å². The van der Waals surface area contributed by atoms with Crippen molar-refractivity contribution in [1.29, 1.82) is 0 Å². The second kappa shape index (κ2) is 6.77. The van der Waals surface area contributed by atoms with E-state index in [2.05, 4.69) is 32.7 Å². The Morgan fingerprint density at radius 2 is 1.92 bits per heavy atom. The molecule has 0 bridgehead atoms. The van der Waals surface area contributed by atoms with Gasteiger partial charge in [-0.2, -0.15) is 0 Å². The highest BCUT2D eigenvalue weighted by Gasteiger charge is 2.24. The number of piperidine rings is 1. The maximum atomic E-state index is 6.00. The first-order valence-electron chi connectivity index (χ1n) is 8.95. The Morgan fingerprint density at radius 1 is 1.08 bits per heavy atom. The van der Waals surface area contributed by atoms with Crippen molar-refractivity contribution >= 4 is 11.5 Å². The molecule has 0 amide bonds. The van der Waals surface area contributed by atoms with Gasteiger partial charge in [-0.05, 0) is 74.4 Å². The molecule has 0 unspecified atom stereocenters. The van der Waals surface area contributed by atoms with Gasteiger partial charge in [0.15, 0.2) is 0 Å². The van der Waals surface area contributed by atoms with E-state index in [1.165, 1.54) is 31.2 Å². The lowest BCUT2D eigenvalue weighted by Crippen LogP contribution is -2.31.